The summed E-state index contributed by atoms with van der Waals surface area (Å²) < 4.78 is 33.1. The van der Waals surface area contributed by atoms with Gasteiger partial charge < -0.3 is 24.1 Å². The average Bonchev–Trinajstić information content (AvgIpc) is 3.30. The number of ether oxygens (including phenoxy) is 1. The molecule has 1 unspecified atom stereocenters. The maximum Gasteiger partial charge on any atom is 0.356 e. The molecule has 0 aliphatic carbocycles. The standard InChI is InChI=1S/C29H37N4O4P/c1-4-6-14-26-32-27-28(24-12-7-8-13-25(24)31-29(27)30)33(26)16-20(3)35-19-38(34)36-17-23(18-37-38)22-11-9-10-21(5-2)15-22/h7-13,15,20,23H,4-6,14,16-19H2,1-3H3,(H2,30,31). The van der Waals surface area contributed by atoms with E-state index in [-0.39, 0.29) is 18.4 Å². The molecule has 3 heterocycles. The topological polar surface area (TPSA) is 101 Å². The van der Waals surface area contributed by atoms with Crippen LogP contribution in [0.4, 0.5) is 5.82 Å². The first-order valence-corrected chi connectivity index (χ1v) is 15.3. The summed E-state index contributed by atoms with van der Waals surface area (Å²) >= 11 is 0. The zero-order valence-electron chi connectivity index (χ0n) is 22.4. The molecule has 1 aliphatic heterocycles. The number of nitrogens with two attached hydrogens (primary N) is 1. The van der Waals surface area contributed by atoms with Gasteiger partial charge in [0.15, 0.2) is 5.82 Å². The molecule has 5 rings (SSSR count). The minimum atomic E-state index is -3.34. The van der Waals surface area contributed by atoms with Crippen molar-refractivity contribution in [2.45, 2.75) is 65.0 Å². The third-order valence-corrected chi connectivity index (χ3v) is 8.73. The lowest BCUT2D eigenvalue weighted by Gasteiger charge is -2.30. The summed E-state index contributed by atoms with van der Waals surface area (Å²) in [6, 6.07) is 16.4. The number of unbranched alkanes of at least 4 members (excludes halogenated alkanes) is 1. The Bertz CT molecular complexity index is 1460. The van der Waals surface area contributed by atoms with Crippen molar-refractivity contribution in [1.82, 2.24) is 14.5 Å². The van der Waals surface area contributed by atoms with E-state index in [1.54, 1.807) is 0 Å². The number of fused-ring (bicyclic) bond motifs is 3. The Morgan fingerprint density at radius 1 is 1.13 bits per heavy atom. The van der Waals surface area contributed by atoms with E-state index in [0.29, 0.717) is 31.1 Å². The fourth-order valence-electron chi connectivity index (χ4n) is 4.98. The Kier molecular flexibility index (Phi) is 8.15. The quantitative estimate of drug-likeness (QED) is 0.232. The molecule has 1 fully saturated rings. The highest BCUT2D eigenvalue weighted by molar-refractivity contribution is 7.53. The number of hydrogen-bond acceptors (Lipinski definition) is 7. The van der Waals surface area contributed by atoms with E-state index in [1.165, 1.54) is 5.56 Å². The number of aryl methyl sites for hydroxylation is 2. The van der Waals surface area contributed by atoms with Gasteiger partial charge in [-0.3, -0.25) is 4.57 Å². The number of hydrogen-bond donors (Lipinski definition) is 1. The van der Waals surface area contributed by atoms with Crippen molar-refractivity contribution < 1.29 is 18.3 Å². The van der Waals surface area contributed by atoms with Crippen LogP contribution in [0.3, 0.4) is 0 Å². The summed E-state index contributed by atoms with van der Waals surface area (Å²) in [4.78, 5) is 9.44. The van der Waals surface area contributed by atoms with Gasteiger partial charge in [0, 0.05) is 17.7 Å². The molecule has 9 heteroatoms. The van der Waals surface area contributed by atoms with Gasteiger partial charge in [-0.1, -0.05) is 62.7 Å². The van der Waals surface area contributed by atoms with Crippen LogP contribution in [-0.4, -0.2) is 40.2 Å². The highest BCUT2D eigenvalue weighted by Gasteiger charge is 2.34. The second-order valence-electron chi connectivity index (χ2n) is 10.1. The highest BCUT2D eigenvalue weighted by atomic mass is 31.2. The zero-order chi connectivity index (χ0) is 26.7. The van der Waals surface area contributed by atoms with E-state index in [0.717, 1.165) is 53.5 Å². The van der Waals surface area contributed by atoms with Crippen molar-refractivity contribution in [3.05, 3.63) is 65.5 Å². The molecular weight excluding hydrogens is 499 g/mol. The number of nitrogens with zero attached hydrogens (tertiary/aromatic N) is 3. The first kappa shape index (κ1) is 26.8. The molecule has 8 nitrogen and oxygen atoms in total. The lowest BCUT2D eigenvalue weighted by Crippen LogP contribution is -2.24. The van der Waals surface area contributed by atoms with Crippen molar-refractivity contribution in [3.8, 4) is 0 Å². The minimum Gasteiger partial charge on any atom is -0.382 e. The molecule has 0 radical (unpaired) electrons. The van der Waals surface area contributed by atoms with Crippen LogP contribution in [0.1, 0.15) is 56.5 Å². The predicted molar refractivity (Wildman–Crippen MR) is 152 cm³/mol. The molecule has 1 atom stereocenters. The van der Waals surface area contributed by atoms with Crippen molar-refractivity contribution in [2.75, 3.05) is 25.3 Å². The van der Waals surface area contributed by atoms with Gasteiger partial charge in [-0.25, -0.2) is 9.97 Å². The molecule has 38 heavy (non-hydrogen) atoms. The molecule has 0 saturated carbocycles. The van der Waals surface area contributed by atoms with Crippen LogP contribution in [0.2, 0.25) is 0 Å². The lowest BCUT2D eigenvalue weighted by molar-refractivity contribution is 0.0506. The van der Waals surface area contributed by atoms with Crippen LogP contribution >= 0.6 is 7.60 Å². The number of para-hydroxylation sites is 1. The van der Waals surface area contributed by atoms with Gasteiger partial charge in [0.2, 0.25) is 0 Å². The normalized spacial score (nSPS) is 20.8. The van der Waals surface area contributed by atoms with Gasteiger partial charge in [0.25, 0.3) is 0 Å². The van der Waals surface area contributed by atoms with Crippen LogP contribution in [0.15, 0.2) is 48.5 Å². The Morgan fingerprint density at radius 2 is 1.92 bits per heavy atom. The number of imidazole rings is 1. The van der Waals surface area contributed by atoms with E-state index < -0.39 is 7.60 Å². The Morgan fingerprint density at radius 3 is 2.68 bits per heavy atom. The molecule has 2 aromatic heterocycles. The molecule has 4 aromatic rings. The number of aromatic nitrogens is 3. The van der Waals surface area contributed by atoms with Crippen LogP contribution in [0.25, 0.3) is 21.9 Å². The van der Waals surface area contributed by atoms with Gasteiger partial charge in [0.05, 0.1) is 36.9 Å². The minimum absolute atomic E-state index is 0.0618. The summed E-state index contributed by atoms with van der Waals surface area (Å²) in [5.74, 6) is 1.44. The largest absolute Gasteiger partial charge is 0.382 e. The maximum atomic E-state index is 13.3. The second-order valence-corrected chi connectivity index (χ2v) is 12.1. The molecule has 1 saturated heterocycles. The van der Waals surface area contributed by atoms with E-state index >= 15 is 0 Å². The monoisotopic (exact) mass is 536 g/mol. The van der Waals surface area contributed by atoms with E-state index in [1.807, 2.05) is 31.2 Å². The predicted octanol–water partition coefficient (Wildman–Crippen LogP) is 6.46. The van der Waals surface area contributed by atoms with Crippen molar-refractivity contribution in [3.63, 3.8) is 0 Å². The number of nitrogen functional groups attached to an aromatic ring is 1. The van der Waals surface area contributed by atoms with Gasteiger partial charge in [-0.15, -0.1) is 0 Å². The Hall–Kier alpha value is -2.77. The second kappa shape index (κ2) is 11.5. The summed E-state index contributed by atoms with van der Waals surface area (Å²) in [5, 5.41) is 1.00. The average molecular weight is 537 g/mol. The summed E-state index contributed by atoms with van der Waals surface area (Å²) in [6.45, 7) is 7.51. The Labute approximate surface area is 224 Å². The molecule has 202 valence electrons. The number of pyridine rings is 1. The molecule has 1 aliphatic rings. The molecular formula is C29H37N4O4P. The van der Waals surface area contributed by atoms with Gasteiger partial charge in [-0.2, -0.15) is 0 Å². The molecule has 0 bridgehead atoms. The maximum absolute atomic E-state index is 13.3. The summed E-state index contributed by atoms with van der Waals surface area (Å²) in [7, 11) is -3.34. The van der Waals surface area contributed by atoms with Crippen LogP contribution in [0, 0.1) is 0 Å². The van der Waals surface area contributed by atoms with E-state index in [2.05, 4.69) is 47.7 Å². The molecule has 2 aromatic carbocycles. The van der Waals surface area contributed by atoms with Crippen molar-refractivity contribution in [1.29, 1.82) is 0 Å². The van der Waals surface area contributed by atoms with E-state index in [4.69, 9.17) is 24.5 Å². The summed E-state index contributed by atoms with van der Waals surface area (Å²) in [5.41, 5.74) is 11.2. The molecule has 0 spiro atoms. The molecule has 0 amide bonds. The third-order valence-electron chi connectivity index (χ3n) is 7.18. The van der Waals surface area contributed by atoms with Crippen LogP contribution in [-0.2, 0) is 37.7 Å². The van der Waals surface area contributed by atoms with Gasteiger partial charge in [-0.05, 0) is 37.0 Å². The summed E-state index contributed by atoms with van der Waals surface area (Å²) in [6.07, 6.45) is 3.54. The van der Waals surface area contributed by atoms with Crippen molar-refractivity contribution >= 4 is 35.3 Å². The van der Waals surface area contributed by atoms with E-state index in [9.17, 15) is 4.57 Å². The number of rotatable bonds is 10. The third kappa shape index (κ3) is 5.64. The fraction of sp³-hybridized carbons (Fsp3) is 0.448. The number of benzene rings is 2. The Balaban J connectivity index is 1.30. The first-order chi connectivity index (χ1) is 18.4. The van der Waals surface area contributed by atoms with Gasteiger partial charge in [0.1, 0.15) is 17.7 Å². The van der Waals surface area contributed by atoms with Crippen LogP contribution in [0.5, 0.6) is 0 Å². The highest BCUT2D eigenvalue weighted by Crippen LogP contribution is 2.53. The smallest absolute Gasteiger partial charge is 0.356 e. The first-order valence-electron chi connectivity index (χ1n) is 13.5. The van der Waals surface area contributed by atoms with Crippen LogP contribution < -0.4 is 5.73 Å². The lowest BCUT2D eigenvalue weighted by atomic mass is 9.98. The SMILES string of the molecule is CCCCc1nc2c(N)nc3ccccc3c2n1CC(C)OCP1(=O)OCC(c2cccc(CC)c2)CO1. The van der Waals surface area contributed by atoms with Gasteiger partial charge >= 0.3 is 7.60 Å². The zero-order valence-corrected chi connectivity index (χ0v) is 23.3. The number of anilines is 1. The molecule has 2 N–H and O–H groups in total. The fourth-order valence-corrected chi connectivity index (χ4v) is 6.46. The van der Waals surface area contributed by atoms with Crippen molar-refractivity contribution in [2.24, 2.45) is 0 Å².